The number of nitrogens with zero attached hydrogens (tertiary/aromatic N) is 9. The summed E-state index contributed by atoms with van der Waals surface area (Å²) < 4.78 is 62.4. The van der Waals surface area contributed by atoms with Crippen molar-refractivity contribution in [2.24, 2.45) is 15.6 Å². The van der Waals surface area contributed by atoms with E-state index in [-0.39, 0.29) is 106 Å². The fourth-order valence-corrected chi connectivity index (χ4v) is 7.48. The fraction of sp³-hybridized carbons (Fsp3) is 0.500. The van der Waals surface area contributed by atoms with Crippen molar-refractivity contribution in [1.82, 2.24) is 20.4 Å². The average Bonchev–Trinajstić information content (AvgIpc) is 3.86. The van der Waals surface area contributed by atoms with E-state index in [1.807, 2.05) is 96.7 Å². The molecule has 0 bridgehead atoms. The third kappa shape index (κ3) is 26.1. The first-order valence-corrected chi connectivity index (χ1v) is 25.0. The molecule has 0 unspecified atom stereocenters. The Bertz CT molecular complexity index is 2690. The molecule has 28 heteroatoms. The van der Waals surface area contributed by atoms with E-state index in [9.17, 15) is 36.2 Å². The molecular formula is C44H64N14Na2O10S2. The van der Waals surface area contributed by atoms with Crippen molar-refractivity contribution in [2.45, 2.75) is 106 Å². The van der Waals surface area contributed by atoms with Crippen molar-refractivity contribution >= 4 is 72.1 Å². The molecule has 2 amide bonds. The van der Waals surface area contributed by atoms with Gasteiger partial charge in [0.1, 0.15) is 29.0 Å². The molecule has 0 atom stereocenters. The third-order valence-corrected chi connectivity index (χ3v) is 11.2. The van der Waals surface area contributed by atoms with Crippen LogP contribution in [0.15, 0.2) is 58.0 Å². The van der Waals surface area contributed by atoms with Crippen molar-refractivity contribution in [3.05, 3.63) is 75.1 Å². The van der Waals surface area contributed by atoms with Crippen LogP contribution in [0.1, 0.15) is 117 Å². The van der Waals surface area contributed by atoms with E-state index in [4.69, 9.17) is 25.7 Å². The molecule has 0 saturated heterocycles. The van der Waals surface area contributed by atoms with Crippen molar-refractivity contribution in [3.63, 3.8) is 0 Å². The number of hydrogen-bond donors (Lipinski definition) is 6. The largest absolute Gasteiger partial charge is 1.00 e. The van der Waals surface area contributed by atoms with Crippen LogP contribution in [0.2, 0.25) is 0 Å². The average molecular weight is 1060 g/mol. The first kappa shape index (κ1) is 69.1. The van der Waals surface area contributed by atoms with Crippen LogP contribution in [0.25, 0.3) is 0 Å². The topological polar surface area (TPSA) is 384 Å². The van der Waals surface area contributed by atoms with Crippen LogP contribution in [0.3, 0.4) is 0 Å². The number of aromatic amines is 2. The number of nitrogens with two attached hydrogens (primary N) is 1. The first-order valence-electron chi connectivity index (χ1n) is 21.8. The molecule has 2 aromatic carbocycles. The minimum absolute atomic E-state index is 0. The van der Waals surface area contributed by atoms with Crippen LogP contribution in [0, 0.1) is 32.8 Å². The normalized spacial score (nSPS) is 11.0. The zero-order chi connectivity index (χ0) is 53.5. The number of carbonyl (C=O) groups excluding carboxylic acids is 2. The van der Waals surface area contributed by atoms with Gasteiger partial charge in [-0.15, -0.1) is 15.6 Å². The molecule has 4 aromatic rings. The van der Waals surface area contributed by atoms with Gasteiger partial charge in [0.2, 0.25) is 17.6 Å². The molecule has 0 fully saturated rings. The van der Waals surface area contributed by atoms with Gasteiger partial charge in [0, 0.05) is 73.7 Å². The summed E-state index contributed by atoms with van der Waals surface area (Å²) in [6, 6.07) is 16.9. The number of hydrogen-bond acceptors (Lipinski definition) is 19. The number of benzene rings is 2. The Labute approximate surface area is 466 Å². The van der Waals surface area contributed by atoms with Crippen LogP contribution in [0.5, 0.6) is 0 Å². The van der Waals surface area contributed by atoms with E-state index in [1.54, 1.807) is 12.1 Å². The van der Waals surface area contributed by atoms with E-state index in [2.05, 4.69) is 52.2 Å². The maximum atomic E-state index is 11.8. The number of unbranched alkanes of at least 4 members (excludes halogenated alkanes) is 2. The van der Waals surface area contributed by atoms with E-state index < -0.39 is 26.0 Å². The molecule has 0 aliphatic heterocycles. The Morgan fingerprint density at radius 3 is 1.71 bits per heavy atom. The predicted octanol–water partition coefficient (Wildman–Crippen LogP) is 1.66. The van der Waals surface area contributed by atoms with Crippen LogP contribution in [0.4, 0.5) is 40.1 Å². The quantitative estimate of drug-likeness (QED) is 0.0206. The number of nitrogen functional groups attached to an aromatic ring is 1. The standard InChI is InChI=1S/C22H31N7O4S.C14H22N2O4S.C8H12N4.HNO2.2Na/c1-6-29(11-7-8-12-34(31,32)33)16-9-10-18(19(13-16)24-15(2)30)25-27-21-17(14-23)20(26-28-21)22(3,4)5;1-3-16(9-4-5-10-21(18,19)20)14-8-6-7-13(11-14)15-12(2)17;1-8(2,3)6-5(4-9)7(10)12-11-6;2-1-3;;/h9-10,13H,6-8,11-12H2,1-5H3,(H,24,30)(H,26,28)(H,31,32,33);6-8,11H,3-5,9-10H2,1-2H3,(H,15,17)(H,18,19,20);1-3H3,(H3,10,11,12);(H,2,3);;/q;;;;2*+1/p-2. The number of aromatic nitrogens is 4. The molecule has 0 aliphatic rings. The summed E-state index contributed by atoms with van der Waals surface area (Å²) >= 11 is 0. The van der Waals surface area contributed by atoms with Crippen molar-refractivity contribution < 1.29 is 94.6 Å². The predicted molar refractivity (Wildman–Crippen MR) is 268 cm³/mol. The monoisotopic (exact) mass is 1060 g/mol. The van der Waals surface area contributed by atoms with Gasteiger partial charge in [-0.3, -0.25) is 24.3 Å². The zero-order valence-electron chi connectivity index (χ0n) is 43.2. The van der Waals surface area contributed by atoms with Crippen molar-refractivity contribution in [3.8, 4) is 12.1 Å². The van der Waals surface area contributed by atoms with Gasteiger partial charge in [0.25, 0.3) is 10.1 Å². The Balaban J connectivity index is 0. The summed E-state index contributed by atoms with van der Waals surface area (Å²) in [6.07, 6.45) is 1.88. The summed E-state index contributed by atoms with van der Waals surface area (Å²) in [6.45, 7) is 21.3. The van der Waals surface area contributed by atoms with Crippen molar-refractivity contribution in [2.75, 3.05) is 63.9 Å². The minimum atomic E-state index is -4.23. The number of anilines is 5. The van der Waals surface area contributed by atoms with Gasteiger partial charge in [-0.05, 0) is 75.9 Å². The van der Waals surface area contributed by atoms with Gasteiger partial charge >= 0.3 is 59.1 Å². The number of nitriles is 2. The molecule has 72 heavy (non-hydrogen) atoms. The third-order valence-electron chi connectivity index (χ3n) is 9.62. The van der Waals surface area contributed by atoms with Gasteiger partial charge in [0.05, 0.1) is 32.9 Å². The molecule has 7 N–H and O–H groups in total. The Morgan fingerprint density at radius 2 is 1.26 bits per heavy atom. The molecule has 4 rings (SSSR count). The first-order chi connectivity index (χ1) is 32.5. The van der Waals surface area contributed by atoms with E-state index >= 15 is 0 Å². The SMILES string of the molecule is CC(C)(C)c1[nH]nc(N)c1C#N.CCN(CCCCS(=O)(=O)O)c1cccc(NC(C)=O)c1.CCN(CCCCS(=O)(=O)[O-])c1ccc(N=Nc2n[nH]c(C(C)(C)C)c2C#N)c(NC(C)=O)c1.O=N[O-].[Na+].[Na+]. The maximum Gasteiger partial charge on any atom is 1.00 e. The summed E-state index contributed by atoms with van der Waals surface area (Å²) in [5.74, 6) is -0.573. The summed E-state index contributed by atoms with van der Waals surface area (Å²) in [7, 11) is -8.11. The number of azo groups is 1. The molecule has 0 aliphatic carbocycles. The van der Waals surface area contributed by atoms with E-state index in [1.165, 1.54) is 13.8 Å². The van der Waals surface area contributed by atoms with Crippen LogP contribution >= 0.6 is 0 Å². The Kier molecular flexibility index (Phi) is 31.6. The van der Waals surface area contributed by atoms with Gasteiger partial charge in [0.15, 0.2) is 5.82 Å². The molecule has 384 valence electrons. The van der Waals surface area contributed by atoms with E-state index in [0.717, 1.165) is 34.6 Å². The zero-order valence-corrected chi connectivity index (χ0v) is 48.8. The summed E-state index contributed by atoms with van der Waals surface area (Å²) in [5, 5.41) is 54.7. The Hall–Kier alpha value is -5.00. The second-order valence-electron chi connectivity index (χ2n) is 17.4. The second kappa shape index (κ2) is 32.9. The summed E-state index contributed by atoms with van der Waals surface area (Å²) in [4.78, 5) is 34.9. The number of amides is 2. The van der Waals surface area contributed by atoms with E-state index in [0.29, 0.717) is 67.1 Å². The Morgan fingerprint density at radius 1 is 0.778 bits per heavy atom. The second-order valence-corrected chi connectivity index (χ2v) is 20.5. The van der Waals surface area contributed by atoms with Gasteiger partial charge in [-0.25, -0.2) is 8.42 Å². The van der Waals surface area contributed by atoms with Crippen LogP contribution in [-0.4, -0.2) is 95.8 Å². The number of H-pyrrole nitrogens is 2. The van der Waals surface area contributed by atoms with Gasteiger partial charge < -0.3 is 40.8 Å². The molecule has 2 heterocycles. The van der Waals surface area contributed by atoms with Crippen molar-refractivity contribution in [1.29, 1.82) is 10.5 Å². The number of nitrogens with one attached hydrogen (secondary N) is 4. The fourth-order valence-electron chi connectivity index (χ4n) is 6.36. The molecule has 0 spiro atoms. The minimum Gasteiger partial charge on any atom is -0.748 e. The smallest absolute Gasteiger partial charge is 0.748 e. The van der Waals surface area contributed by atoms with Gasteiger partial charge in [-0.1, -0.05) is 47.6 Å². The molecular weight excluding hydrogens is 995 g/mol. The summed E-state index contributed by atoms with van der Waals surface area (Å²) in [5.41, 5.74) is 10.6. The van der Waals surface area contributed by atoms with Gasteiger partial charge in [-0.2, -0.15) is 29.1 Å². The molecule has 0 saturated carbocycles. The number of carbonyl (C=O) groups is 2. The molecule has 2 aromatic heterocycles. The number of rotatable bonds is 18. The van der Waals surface area contributed by atoms with Crippen LogP contribution < -0.4 is 85.3 Å². The molecule has 24 nitrogen and oxygen atoms in total. The maximum absolute atomic E-state index is 11.8. The van der Waals surface area contributed by atoms with Crippen LogP contribution in [-0.2, 0) is 40.7 Å². The molecule has 0 radical (unpaired) electrons.